The molecule has 0 atom stereocenters. The lowest BCUT2D eigenvalue weighted by molar-refractivity contribution is 0.0288. The normalized spacial score (nSPS) is 10.8. The quantitative estimate of drug-likeness (QED) is 0.730. The van der Waals surface area contributed by atoms with E-state index in [0.29, 0.717) is 17.0 Å². The summed E-state index contributed by atoms with van der Waals surface area (Å²) in [6, 6.07) is 6.77. The number of anilines is 1. The first kappa shape index (κ1) is 11.3. The molecule has 0 aliphatic carbocycles. The molecule has 4 heteroatoms. The Bertz CT molecular complexity index is 389. The molecule has 0 aliphatic rings. The van der Waals surface area contributed by atoms with Gasteiger partial charge in [-0.2, -0.15) is 5.26 Å². The molecule has 1 aromatic carbocycles. The van der Waals surface area contributed by atoms with Gasteiger partial charge in [0.15, 0.2) is 0 Å². The van der Waals surface area contributed by atoms with Crippen LogP contribution in [0.3, 0.4) is 0 Å². The molecule has 80 valence electrons. The molecule has 0 heterocycles. The van der Waals surface area contributed by atoms with Gasteiger partial charge in [-0.05, 0) is 32.0 Å². The second-order valence-electron chi connectivity index (χ2n) is 3.97. The number of aliphatic hydroxyl groups is 1. The van der Waals surface area contributed by atoms with Gasteiger partial charge in [-0.15, -0.1) is 0 Å². The minimum Gasteiger partial charge on any atom is -0.488 e. The highest BCUT2D eigenvalue weighted by Gasteiger charge is 2.14. The lowest BCUT2D eigenvalue weighted by Crippen LogP contribution is -2.28. The fraction of sp³-hybridized carbons (Fsp3) is 0.364. The van der Waals surface area contributed by atoms with Crippen LogP contribution < -0.4 is 10.5 Å². The molecule has 0 aromatic heterocycles. The molecule has 1 rings (SSSR count). The zero-order chi connectivity index (χ0) is 11.5. The van der Waals surface area contributed by atoms with Gasteiger partial charge in [-0.25, -0.2) is 0 Å². The van der Waals surface area contributed by atoms with Crippen molar-refractivity contribution in [3.05, 3.63) is 23.8 Å². The van der Waals surface area contributed by atoms with Gasteiger partial charge in [0.1, 0.15) is 12.4 Å². The molecule has 15 heavy (non-hydrogen) atoms. The summed E-state index contributed by atoms with van der Waals surface area (Å²) in [6.45, 7) is 3.45. The maximum absolute atomic E-state index is 9.45. The first-order valence-electron chi connectivity index (χ1n) is 4.57. The number of rotatable bonds is 3. The third-order valence-electron chi connectivity index (χ3n) is 1.72. The molecule has 3 N–H and O–H groups in total. The summed E-state index contributed by atoms with van der Waals surface area (Å²) >= 11 is 0. The third kappa shape index (κ3) is 3.49. The standard InChI is InChI=1S/C11H14N2O2/c1-11(2,14)7-15-10-4-3-8(6-12)5-9(10)13/h3-5,14H,7,13H2,1-2H3. The average molecular weight is 206 g/mol. The van der Waals surface area contributed by atoms with Crippen molar-refractivity contribution in [2.45, 2.75) is 19.4 Å². The van der Waals surface area contributed by atoms with Crippen molar-refractivity contribution >= 4 is 5.69 Å². The van der Waals surface area contributed by atoms with Crippen LogP contribution in [0.25, 0.3) is 0 Å². The Labute approximate surface area is 88.9 Å². The van der Waals surface area contributed by atoms with E-state index < -0.39 is 5.60 Å². The fourth-order valence-corrected chi connectivity index (χ4v) is 1.00. The molecule has 0 saturated carbocycles. The average Bonchev–Trinajstić information content (AvgIpc) is 2.14. The van der Waals surface area contributed by atoms with Gasteiger partial charge < -0.3 is 15.6 Å². The van der Waals surface area contributed by atoms with Gasteiger partial charge in [-0.1, -0.05) is 0 Å². The van der Waals surface area contributed by atoms with Crippen molar-refractivity contribution < 1.29 is 9.84 Å². The van der Waals surface area contributed by atoms with Crippen LogP contribution in [-0.2, 0) is 0 Å². The molecule has 0 aliphatic heterocycles. The highest BCUT2D eigenvalue weighted by molar-refractivity contribution is 5.56. The number of nitrogens with two attached hydrogens (primary N) is 1. The van der Waals surface area contributed by atoms with E-state index in [4.69, 9.17) is 15.7 Å². The van der Waals surface area contributed by atoms with Crippen molar-refractivity contribution in [2.75, 3.05) is 12.3 Å². The minimum absolute atomic E-state index is 0.156. The fourth-order valence-electron chi connectivity index (χ4n) is 1.00. The van der Waals surface area contributed by atoms with Crippen molar-refractivity contribution in [3.63, 3.8) is 0 Å². The van der Waals surface area contributed by atoms with Gasteiger partial charge in [0, 0.05) is 0 Å². The number of nitriles is 1. The Morgan fingerprint density at radius 3 is 2.67 bits per heavy atom. The summed E-state index contributed by atoms with van der Waals surface area (Å²) in [5.41, 5.74) is 5.66. The molecule has 0 spiro atoms. The Hall–Kier alpha value is -1.73. The first-order valence-corrected chi connectivity index (χ1v) is 4.57. The summed E-state index contributed by atoms with van der Waals surface area (Å²) < 4.78 is 5.32. The van der Waals surface area contributed by atoms with Crippen LogP contribution in [0.1, 0.15) is 19.4 Å². The topological polar surface area (TPSA) is 79.3 Å². The molecule has 4 nitrogen and oxygen atoms in total. The number of hydrogen-bond donors (Lipinski definition) is 2. The highest BCUT2D eigenvalue weighted by Crippen LogP contribution is 2.23. The lowest BCUT2D eigenvalue weighted by atomic mass is 10.1. The Balaban J connectivity index is 2.76. The van der Waals surface area contributed by atoms with E-state index in [1.807, 2.05) is 6.07 Å². The van der Waals surface area contributed by atoms with Crippen molar-refractivity contribution in [1.29, 1.82) is 5.26 Å². The maximum Gasteiger partial charge on any atom is 0.142 e. The van der Waals surface area contributed by atoms with Crippen molar-refractivity contribution in [1.82, 2.24) is 0 Å². The van der Waals surface area contributed by atoms with Crippen LogP contribution in [-0.4, -0.2) is 17.3 Å². The van der Waals surface area contributed by atoms with E-state index in [2.05, 4.69) is 0 Å². The largest absolute Gasteiger partial charge is 0.488 e. The van der Waals surface area contributed by atoms with Crippen LogP contribution in [0, 0.1) is 11.3 Å². The number of benzene rings is 1. The Kier molecular flexibility index (Phi) is 3.17. The van der Waals surface area contributed by atoms with E-state index in [9.17, 15) is 5.11 Å². The minimum atomic E-state index is -0.902. The number of nitrogen functional groups attached to an aromatic ring is 1. The molecule has 1 aromatic rings. The van der Waals surface area contributed by atoms with Crippen LogP contribution in [0.4, 0.5) is 5.69 Å². The molecular formula is C11H14N2O2. The zero-order valence-corrected chi connectivity index (χ0v) is 8.82. The van der Waals surface area contributed by atoms with Crippen LogP contribution >= 0.6 is 0 Å². The van der Waals surface area contributed by atoms with E-state index in [1.54, 1.807) is 32.0 Å². The van der Waals surface area contributed by atoms with Crippen LogP contribution in [0.2, 0.25) is 0 Å². The molecule has 0 radical (unpaired) electrons. The number of hydrogen-bond acceptors (Lipinski definition) is 4. The van der Waals surface area contributed by atoms with Gasteiger partial charge in [0.2, 0.25) is 0 Å². The summed E-state index contributed by atoms with van der Waals surface area (Å²) in [5, 5.41) is 18.1. The van der Waals surface area contributed by atoms with Gasteiger partial charge in [-0.3, -0.25) is 0 Å². The smallest absolute Gasteiger partial charge is 0.142 e. The van der Waals surface area contributed by atoms with E-state index in [-0.39, 0.29) is 6.61 Å². The SMILES string of the molecule is CC(C)(O)COc1ccc(C#N)cc1N. The van der Waals surface area contributed by atoms with Gasteiger partial charge >= 0.3 is 0 Å². The van der Waals surface area contributed by atoms with E-state index in [0.717, 1.165) is 0 Å². The summed E-state index contributed by atoms with van der Waals surface area (Å²) in [7, 11) is 0. The molecule has 0 bridgehead atoms. The van der Waals surface area contributed by atoms with Gasteiger partial charge in [0.25, 0.3) is 0 Å². The first-order chi connectivity index (χ1) is 6.92. The van der Waals surface area contributed by atoms with Crippen LogP contribution in [0.5, 0.6) is 5.75 Å². The predicted molar refractivity (Wildman–Crippen MR) is 57.4 cm³/mol. The second kappa shape index (κ2) is 4.20. The Morgan fingerprint density at radius 2 is 2.20 bits per heavy atom. The van der Waals surface area contributed by atoms with Crippen molar-refractivity contribution in [3.8, 4) is 11.8 Å². The summed E-state index contributed by atoms with van der Waals surface area (Å²) in [6.07, 6.45) is 0. The zero-order valence-electron chi connectivity index (χ0n) is 8.82. The summed E-state index contributed by atoms with van der Waals surface area (Å²) in [4.78, 5) is 0. The van der Waals surface area contributed by atoms with Gasteiger partial charge in [0.05, 0.1) is 22.9 Å². The molecular weight excluding hydrogens is 192 g/mol. The van der Waals surface area contributed by atoms with Crippen molar-refractivity contribution in [2.24, 2.45) is 0 Å². The monoisotopic (exact) mass is 206 g/mol. The molecule has 0 amide bonds. The van der Waals surface area contributed by atoms with E-state index >= 15 is 0 Å². The summed E-state index contributed by atoms with van der Waals surface area (Å²) in [5.74, 6) is 0.483. The number of nitrogens with zero attached hydrogens (tertiary/aromatic N) is 1. The van der Waals surface area contributed by atoms with E-state index in [1.165, 1.54) is 0 Å². The molecule has 0 unspecified atom stereocenters. The lowest BCUT2D eigenvalue weighted by Gasteiger charge is -2.18. The van der Waals surface area contributed by atoms with Crippen LogP contribution in [0.15, 0.2) is 18.2 Å². The number of ether oxygens (including phenoxy) is 1. The predicted octanol–water partition coefficient (Wildman–Crippen LogP) is 1.29. The third-order valence-corrected chi connectivity index (χ3v) is 1.72. The molecule has 0 fully saturated rings. The highest BCUT2D eigenvalue weighted by atomic mass is 16.5. The second-order valence-corrected chi connectivity index (χ2v) is 3.97. The maximum atomic E-state index is 9.45. The Morgan fingerprint density at radius 1 is 1.53 bits per heavy atom. The molecule has 0 saturated heterocycles.